The van der Waals surface area contributed by atoms with Crippen LogP contribution >= 0.6 is 0 Å². The zero-order valence-corrected chi connectivity index (χ0v) is 48.9. The quantitative estimate of drug-likeness (QED) is 0.110. The number of likely N-dealkylation sites (N-methyl/N-ethyl adjacent to an activating group) is 2. The second kappa shape index (κ2) is 26.5. The number of aryl methyl sites for hydroxylation is 1. The zero-order valence-electron chi connectivity index (χ0n) is 48.9. The van der Waals surface area contributed by atoms with E-state index >= 15 is 0 Å². The molecule has 23 heteroatoms. The number of nitrogens with one attached hydrogen (secondary N) is 1. The topological polar surface area (TPSA) is 282 Å². The molecule has 4 fully saturated rings. The summed E-state index contributed by atoms with van der Waals surface area (Å²) >= 11 is 0. The number of aromatic nitrogens is 1. The van der Waals surface area contributed by atoms with E-state index in [2.05, 4.69) is 15.4 Å². The maximum atomic E-state index is 14.5. The molecule has 6 N–H and O–H groups in total. The predicted molar refractivity (Wildman–Crippen MR) is 295 cm³/mol. The van der Waals surface area contributed by atoms with E-state index in [1.54, 1.807) is 77.5 Å². The maximum Gasteiger partial charge on any atom is 0.341 e. The van der Waals surface area contributed by atoms with Gasteiger partial charge in [-0.2, -0.15) is 0 Å². The van der Waals surface area contributed by atoms with Crippen molar-refractivity contribution in [2.45, 2.75) is 191 Å². The number of ether oxygens (including phenoxy) is 7. The highest BCUT2D eigenvalue weighted by Gasteiger charge is 2.58. The lowest BCUT2D eigenvalue weighted by molar-refractivity contribution is -0.320. The highest BCUT2D eigenvalue weighted by Crippen LogP contribution is 2.44. The van der Waals surface area contributed by atoms with Crippen LogP contribution in [-0.2, 0) is 54.0 Å². The number of rotatable bonds is 15. The molecule has 0 amide bonds. The summed E-state index contributed by atoms with van der Waals surface area (Å²) < 4.78 is 46.9. The zero-order chi connectivity index (χ0) is 58.6. The van der Waals surface area contributed by atoms with Crippen molar-refractivity contribution in [1.29, 1.82) is 0 Å². The van der Waals surface area contributed by atoms with Gasteiger partial charge in [-0.05, 0) is 118 Å². The Kier molecular flexibility index (Phi) is 20.9. The van der Waals surface area contributed by atoms with Crippen LogP contribution in [0.2, 0.25) is 0 Å². The summed E-state index contributed by atoms with van der Waals surface area (Å²) in [5.74, 6) is -5.27. The third-order valence-electron chi connectivity index (χ3n) is 17.4. The number of pyridine rings is 1. The fraction of sp³-hybridized carbons (Fsp3) is 0.772. The van der Waals surface area contributed by atoms with Crippen molar-refractivity contribution in [2.75, 3.05) is 79.6 Å². The molecule has 0 radical (unpaired) electrons. The molecule has 4 bridgehead atoms. The largest absolute Gasteiger partial charge is 0.477 e. The number of benzene rings is 1. The predicted octanol–water partition coefficient (Wildman–Crippen LogP) is 2.40. The monoisotopic (exact) mass is 1130 g/mol. The fourth-order valence-corrected chi connectivity index (χ4v) is 12.5. The van der Waals surface area contributed by atoms with Crippen molar-refractivity contribution in [2.24, 2.45) is 22.9 Å². The maximum absolute atomic E-state index is 14.5. The average molecular weight is 1130 g/mol. The number of nitrogens with zero attached hydrogens (tertiary/aromatic N) is 5. The van der Waals surface area contributed by atoms with Crippen LogP contribution in [0.15, 0.2) is 34.3 Å². The van der Waals surface area contributed by atoms with Gasteiger partial charge in [0.15, 0.2) is 18.7 Å². The molecule has 5 heterocycles. The molecule has 1 aromatic heterocycles. The average Bonchev–Trinajstić information content (AvgIpc) is 3.43. The SMILES string of the molecule is CCN1CCO/N=C2\[C@H](C)C[C@@](C)(O)[C@H](O[C@@H]3O[C@H](CC1)C[C@H](N(C)C)[C@H]3O)[C@@H](C)[C@H](O[C@H]1C[C@@](C)(OC)[C@@H](OC(=O)CCNCCCc3ccc4c(c3)c(=O)c(C(=O)O)cn4N(C)C)[C@H](C)O1)[C@@H](C)C(=O)O[C@@H]1CC[C@]1(O)[C@@H]2O. The third kappa shape index (κ3) is 14.0. The molecule has 17 atom stereocenters. The molecule has 450 valence electrons. The van der Waals surface area contributed by atoms with Gasteiger partial charge in [0.05, 0.1) is 53.6 Å². The molecule has 3 saturated heterocycles. The van der Waals surface area contributed by atoms with Crippen LogP contribution in [0.5, 0.6) is 0 Å². The van der Waals surface area contributed by atoms with Crippen molar-refractivity contribution >= 4 is 34.5 Å². The lowest BCUT2D eigenvalue weighted by atomic mass is 9.69. The Balaban J connectivity index is 1.08. The van der Waals surface area contributed by atoms with Crippen LogP contribution in [-0.4, -0.2) is 223 Å². The minimum Gasteiger partial charge on any atom is -0.477 e. The van der Waals surface area contributed by atoms with E-state index in [9.17, 15) is 44.7 Å². The number of carbonyl (C=O) groups excluding carboxylic acids is 2. The van der Waals surface area contributed by atoms with Crippen LogP contribution in [0.4, 0.5) is 0 Å². The number of carboxylic acid groups (broad SMARTS) is 1. The number of aliphatic hydroxyl groups is 4. The smallest absolute Gasteiger partial charge is 0.341 e. The van der Waals surface area contributed by atoms with Crippen LogP contribution in [0.25, 0.3) is 10.9 Å². The van der Waals surface area contributed by atoms with Crippen LogP contribution < -0.4 is 15.8 Å². The summed E-state index contributed by atoms with van der Waals surface area (Å²) in [6.45, 7) is 15.2. The number of hydrogen-bond acceptors (Lipinski definition) is 21. The Bertz CT molecular complexity index is 2550. The minimum atomic E-state index is -1.92. The van der Waals surface area contributed by atoms with Gasteiger partial charge in [0.1, 0.15) is 41.7 Å². The first-order chi connectivity index (χ1) is 37.7. The number of methoxy groups -OCH3 is 1. The Morgan fingerprint density at radius 2 is 1.71 bits per heavy atom. The highest BCUT2D eigenvalue weighted by molar-refractivity contribution is 5.93. The second-order valence-electron chi connectivity index (χ2n) is 23.8. The molecule has 1 saturated carbocycles. The number of hydrogen-bond donors (Lipinski definition) is 6. The second-order valence-corrected chi connectivity index (χ2v) is 23.8. The molecule has 0 unspecified atom stereocenters. The van der Waals surface area contributed by atoms with Gasteiger partial charge in [-0.1, -0.05) is 32.0 Å². The number of carboxylic acids is 1. The number of esters is 2. The molecule has 1 aliphatic carbocycles. The summed E-state index contributed by atoms with van der Waals surface area (Å²) in [4.78, 5) is 63.0. The van der Waals surface area contributed by atoms with Gasteiger partial charge in [-0.15, -0.1) is 0 Å². The van der Waals surface area contributed by atoms with Crippen molar-refractivity contribution in [3.63, 3.8) is 0 Å². The summed E-state index contributed by atoms with van der Waals surface area (Å²) in [5, 5.41) is 68.5. The number of fused-ring (bicyclic) bond motifs is 8. The van der Waals surface area contributed by atoms with E-state index < -0.39 is 113 Å². The molecule has 5 aliphatic rings. The van der Waals surface area contributed by atoms with E-state index in [1.807, 2.05) is 32.0 Å². The molecule has 1 aromatic carbocycles. The van der Waals surface area contributed by atoms with Gasteiger partial charge in [-0.3, -0.25) is 19.1 Å². The lowest BCUT2D eigenvalue weighted by Crippen LogP contribution is -2.64. The van der Waals surface area contributed by atoms with E-state index in [0.717, 1.165) is 5.56 Å². The molecule has 7 rings (SSSR count). The van der Waals surface area contributed by atoms with Gasteiger partial charge in [-0.25, -0.2) is 4.79 Å². The van der Waals surface area contributed by atoms with Gasteiger partial charge in [0, 0.05) is 76.7 Å². The minimum absolute atomic E-state index is 0.0280. The van der Waals surface area contributed by atoms with Crippen molar-refractivity contribution < 1.29 is 77.9 Å². The van der Waals surface area contributed by atoms with Crippen LogP contribution in [0, 0.1) is 17.8 Å². The normalized spacial score (nSPS) is 37.5. The van der Waals surface area contributed by atoms with E-state index in [4.69, 9.17) is 38.0 Å². The van der Waals surface area contributed by atoms with Crippen molar-refractivity contribution in [3.05, 3.63) is 45.7 Å². The van der Waals surface area contributed by atoms with Gasteiger partial charge >= 0.3 is 17.9 Å². The molecular formula is C57H90N6O17. The molecular weight excluding hydrogens is 1040 g/mol. The van der Waals surface area contributed by atoms with Crippen molar-refractivity contribution in [1.82, 2.24) is 19.8 Å². The molecule has 2 aromatic rings. The Hall–Kier alpha value is -4.37. The van der Waals surface area contributed by atoms with Crippen LogP contribution in [0.3, 0.4) is 0 Å². The first kappa shape index (κ1) is 63.2. The standard InChI is InChI=1S/C57H90N6O17/c1-13-62-24-20-37-28-41(60(8)9)47(66)54(76-37)80-50-33(3)48(34(4)53(70)77-42-18-21-57(42,72)49(67)45(59-74-26-25-62)32(2)29-55(50,6)71)79-44-30-56(7,73-12)51(35(5)75-44)78-43(64)19-23-58-22-14-15-36-16-17-40-38(27-36)46(65)39(52(68)69)31-63(40)61(10)11/h16-17,27,31-35,37,41-42,44,47-51,54,58,66-67,71-72H,13-15,18-26,28-30H2,1-12H3,(H,68,69)/b59-45+/t32-,33+,34-,35+,37-,41+,42-,44+,47-,48+,49-,50-,51+,54+,55-,56-,57-/m1/s1. The van der Waals surface area contributed by atoms with Crippen molar-refractivity contribution in [3.8, 4) is 0 Å². The first-order valence-electron chi connectivity index (χ1n) is 28.5. The van der Waals surface area contributed by atoms with E-state index in [1.165, 1.54) is 13.3 Å². The first-order valence-corrected chi connectivity index (χ1v) is 28.5. The highest BCUT2D eigenvalue weighted by atomic mass is 16.7. The number of aromatic carboxylic acids is 1. The molecule has 23 nitrogen and oxygen atoms in total. The van der Waals surface area contributed by atoms with Gasteiger partial charge < -0.3 is 83.7 Å². The number of oxime groups is 1. The van der Waals surface area contributed by atoms with Crippen LogP contribution in [0.1, 0.15) is 116 Å². The van der Waals surface area contributed by atoms with Gasteiger partial charge in [0.25, 0.3) is 0 Å². The molecule has 0 spiro atoms. The molecule has 4 aliphatic heterocycles. The summed E-state index contributed by atoms with van der Waals surface area (Å²) in [6.07, 6.45) is -6.58. The molecule has 80 heavy (non-hydrogen) atoms. The Morgan fingerprint density at radius 1 is 0.975 bits per heavy atom. The Labute approximate surface area is 469 Å². The summed E-state index contributed by atoms with van der Waals surface area (Å²) in [7, 11) is 8.79. The third-order valence-corrected chi connectivity index (χ3v) is 17.4. The van der Waals surface area contributed by atoms with E-state index in [0.29, 0.717) is 69.3 Å². The van der Waals surface area contributed by atoms with Gasteiger partial charge in [0.2, 0.25) is 5.43 Å². The Morgan fingerprint density at radius 3 is 2.36 bits per heavy atom. The number of carbonyl (C=O) groups is 3. The number of aliphatic hydroxyl groups excluding tert-OH is 2. The fourth-order valence-electron chi connectivity index (χ4n) is 12.5. The van der Waals surface area contributed by atoms with E-state index in [-0.39, 0.29) is 62.1 Å². The lowest BCUT2D eigenvalue weighted by Gasteiger charge is -2.49. The summed E-state index contributed by atoms with van der Waals surface area (Å²) in [5.41, 5.74) is -4.24. The summed E-state index contributed by atoms with van der Waals surface area (Å²) in [6, 6.07) is 5.07.